The third kappa shape index (κ3) is 5.66. The maximum atomic E-state index is 5.44. The summed E-state index contributed by atoms with van der Waals surface area (Å²) < 4.78 is 16.1. The van der Waals surface area contributed by atoms with Crippen LogP contribution < -0.4 is 0 Å². The molecule has 0 N–H and O–H groups in total. The van der Waals surface area contributed by atoms with Gasteiger partial charge in [0.05, 0.1) is 11.9 Å². The largest absolute Gasteiger partial charge is 0.446 e. The van der Waals surface area contributed by atoms with E-state index < -0.39 is 0 Å². The molecule has 1 unspecified atom stereocenters. The normalized spacial score (nSPS) is 14.9. The fourth-order valence-electron chi connectivity index (χ4n) is 3.87. The number of aryl methyl sites for hydroxylation is 6. The zero-order chi connectivity index (χ0) is 23.5. The van der Waals surface area contributed by atoms with E-state index in [-0.39, 0.29) is 0 Å². The number of pyridine rings is 1. The Morgan fingerprint density at radius 1 is 0.788 bits per heavy atom. The van der Waals surface area contributed by atoms with Gasteiger partial charge in [-0.1, -0.05) is 13.0 Å². The van der Waals surface area contributed by atoms with E-state index in [0.717, 1.165) is 64.2 Å². The highest BCUT2D eigenvalue weighted by atomic mass is 16.4. The van der Waals surface area contributed by atoms with Crippen LogP contribution in [0, 0.1) is 40.5 Å². The van der Waals surface area contributed by atoms with Gasteiger partial charge in [-0.15, -0.1) is 0 Å². The average Bonchev–Trinajstić information content (AvgIpc) is 3.41. The zero-order valence-electron chi connectivity index (χ0n) is 20.1. The number of hydrogen-bond acceptors (Lipinski definition) is 7. The highest BCUT2D eigenvalue weighted by Crippen LogP contribution is 2.25. The summed E-state index contributed by atoms with van der Waals surface area (Å²) in [4.78, 5) is 16.7. The zero-order valence-corrected chi connectivity index (χ0v) is 20.1. The van der Waals surface area contributed by atoms with Gasteiger partial charge in [-0.25, -0.2) is 15.0 Å². The van der Waals surface area contributed by atoms with E-state index in [1.807, 2.05) is 58.9 Å². The number of hydrogen-bond donors (Lipinski definition) is 0. The van der Waals surface area contributed by atoms with Crippen molar-refractivity contribution in [3.8, 4) is 0 Å². The minimum Gasteiger partial charge on any atom is -0.446 e. The topological polar surface area (TPSA) is 91.0 Å². The molecule has 0 bridgehead atoms. The predicted molar refractivity (Wildman–Crippen MR) is 127 cm³/mol. The molecule has 0 radical (unpaired) electrons. The van der Waals surface area contributed by atoms with Gasteiger partial charge in [0.2, 0.25) is 0 Å². The van der Waals surface area contributed by atoms with Crippen molar-refractivity contribution in [3.05, 3.63) is 70.8 Å². The first-order valence-corrected chi connectivity index (χ1v) is 11.3. The van der Waals surface area contributed by atoms with E-state index >= 15 is 0 Å². The molecular formula is C26H30N4O3. The van der Waals surface area contributed by atoms with E-state index in [2.05, 4.69) is 26.9 Å². The van der Waals surface area contributed by atoms with Gasteiger partial charge in [0.15, 0.2) is 28.8 Å². The Labute approximate surface area is 193 Å². The van der Waals surface area contributed by atoms with Crippen molar-refractivity contribution in [2.45, 2.75) is 60.8 Å². The molecule has 1 aliphatic rings. The van der Waals surface area contributed by atoms with Crippen LogP contribution in [0.4, 0.5) is 0 Å². The highest BCUT2D eigenvalue weighted by molar-refractivity contribution is 5.73. The summed E-state index contributed by atoms with van der Waals surface area (Å²) in [6.07, 6.45) is 5.16. The molecule has 1 aromatic carbocycles. The minimum atomic E-state index is 0.687. The van der Waals surface area contributed by atoms with Crippen LogP contribution in [0.15, 0.2) is 43.7 Å². The summed E-state index contributed by atoms with van der Waals surface area (Å²) >= 11 is 0. The molecule has 6 rings (SSSR count). The van der Waals surface area contributed by atoms with Crippen LogP contribution in [0.25, 0.3) is 22.2 Å². The van der Waals surface area contributed by atoms with Gasteiger partial charge in [0.25, 0.3) is 0 Å². The Bertz CT molecular complexity index is 1300. The number of oxazole rings is 3. The molecule has 0 saturated carbocycles. The van der Waals surface area contributed by atoms with Gasteiger partial charge in [-0.05, 0) is 50.3 Å². The summed E-state index contributed by atoms with van der Waals surface area (Å²) in [7, 11) is 0. The fraction of sp³-hybridized carbons (Fsp3) is 0.385. The summed E-state index contributed by atoms with van der Waals surface area (Å²) in [5, 5.41) is 0. The smallest absolute Gasteiger partial charge is 0.192 e. The number of fused-ring (bicyclic) bond motifs is 3. The van der Waals surface area contributed by atoms with Crippen LogP contribution in [-0.2, 0) is 12.8 Å². The first-order chi connectivity index (χ1) is 15.8. The number of nitrogens with zero attached hydrogens (tertiary/aromatic N) is 4. The quantitative estimate of drug-likeness (QED) is 0.272. The van der Waals surface area contributed by atoms with E-state index in [4.69, 9.17) is 13.3 Å². The van der Waals surface area contributed by atoms with Crippen molar-refractivity contribution < 1.29 is 13.3 Å². The lowest BCUT2D eigenvalue weighted by Crippen LogP contribution is -2.09. The monoisotopic (exact) mass is 446 g/mol. The lowest BCUT2D eigenvalue weighted by atomic mass is 9.92. The number of benzene rings is 1. The second-order valence-electron chi connectivity index (χ2n) is 8.68. The lowest BCUT2D eigenvalue weighted by Gasteiger charge is -2.14. The van der Waals surface area contributed by atoms with Gasteiger partial charge in [-0.3, -0.25) is 4.98 Å². The predicted octanol–water partition coefficient (Wildman–Crippen LogP) is 6.39. The van der Waals surface area contributed by atoms with Crippen LogP contribution >= 0.6 is 0 Å². The van der Waals surface area contributed by atoms with Crippen LogP contribution in [0.3, 0.4) is 0 Å². The molecular weight excluding hydrogens is 416 g/mol. The molecule has 0 aliphatic heterocycles. The molecule has 5 aromatic rings. The molecule has 0 spiro atoms. The highest BCUT2D eigenvalue weighted by Gasteiger charge is 2.19. The van der Waals surface area contributed by atoms with E-state index in [1.165, 1.54) is 17.7 Å². The van der Waals surface area contributed by atoms with E-state index in [1.54, 1.807) is 6.20 Å². The van der Waals surface area contributed by atoms with Crippen molar-refractivity contribution in [1.82, 2.24) is 19.9 Å². The van der Waals surface area contributed by atoms with Crippen molar-refractivity contribution in [3.63, 3.8) is 0 Å². The Kier molecular flexibility index (Phi) is 6.58. The van der Waals surface area contributed by atoms with Gasteiger partial charge in [-0.2, -0.15) is 0 Å². The van der Waals surface area contributed by atoms with Crippen LogP contribution in [0.1, 0.15) is 53.7 Å². The van der Waals surface area contributed by atoms with Gasteiger partial charge in [0, 0.05) is 39.0 Å². The second kappa shape index (κ2) is 9.57. The Morgan fingerprint density at radius 3 is 2.21 bits per heavy atom. The van der Waals surface area contributed by atoms with Crippen molar-refractivity contribution in [2.75, 3.05) is 0 Å². The molecule has 33 heavy (non-hydrogen) atoms. The maximum absolute atomic E-state index is 5.44. The van der Waals surface area contributed by atoms with E-state index in [0.29, 0.717) is 5.89 Å². The molecule has 0 amide bonds. The molecule has 7 nitrogen and oxygen atoms in total. The summed E-state index contributed by atoms with van der Waals surface area (Å²) in [6.45, 7) is 11.8. The summed E-state index contributed by atoms with van der Waals surface area (Å²) in [6, 6.07) is 7.89. The molecule has 1 atom stereocenters. The standard InChI is InChI=1S/C9H13NO.C9H9NO.C8H8N2O/c1-6-3-4-9-8(5-6)10-7(2)11-9;1-6-3-4-8-9(5-6)11-7(2)10-8;1-5-3-8-7(4-9-5)10-6(2)11-8/h6H,3-5H2,1-2H3;3-5H,1-2H3;3-4H,1-2H3. The minimum absolute atomic E-state index is 0.687. The van der Waals surface area contributed by atoms with Crippen molar-refractivity contribution >= 4 is 22.2 Å². The third-order valence-electron chi connectivity index (χ3n) is 5.46. The first-order valence-electron chi connectivity index (χ1n) is 11.3. The molecule has 0 saturated heterocycles. The van der Waals surface area contributed by atoms with Crippen molar-refractivity contribution in [2.24, 2.45) is 5.92 Å². The van der Waals surface area contributed by atoms with Gasteiger partial charge in [0.1, 0.15) is 16.8 Å². The second-order valence-corrected chi connectivity index (χ2v) is 8.68. The first kappa shape index (κ1) is 22.7. The average molecular weight is 447 g/mol. The van der Waals surface area contributed by atoms with Crippen LogP contribution in [-0.4, -0.2) is 19.9 Å². The Hall–Kier alpha value is -3.48. The molecule has 172 valence electrons. The molecule has 7 heteroatoms. The summed E-state index contributed by atoms with van der Waals surface area (Å²) in [5.74, 6) is 4.15. The number of rotatable bonds is 0. The third-order valence-corrected chi connectivity index (χ3v) is 5.46. The van der Waals surface area contributed by atoms with Gasteiger partial charge >= 0.3 is 0 Å². The SMILES string of the molecule is Cc1cc2oc(C)nc2cn1.Cc1ccc2nc(C)oc2c1.Cc1nc2c(o1)CCC(C)C2. The van der Waals surface area contributed by atoms with Gasteiger partial charge < -0.3 is 13.3 Å². The van der Waals surface area contributed by atoms with E-state index in [9.17, 15) is 0 Å². The van der Waals surface area contributed by atoms with Crippen molar-refractivity contribution in [1.29, 1.82) is 0 Å². The fourth-order valence-corrected chi connectivity index (χ4v) is 3.87. The maximum Gasteiger partial charge on any atom is 0.192 e. The Balaban J connectivity index is 0.000000118. The Morgan fingerprint density at radius 2 is 1.45 bits per heavy atom. The summed E-state index contributed by atoms with van der Waals surface area (Å²) in [5.41, 5.74) is 6.81. The molecule has 1 aliphatic carbocycles. The van der Waals surface area contributed by atoms with Crippen LogP contribution in [0.5, 0.6) is 0 Å². The molecule has 4 aromatic heterocycles. The lowest BCUT2D eigenvalue weighted by molar-refractivity contribution is 0.415. The molecule has 4 heterocycles. The van der Waals surface area contributed by atoms with Crippen LogP contribution in [0.2, 0.25) is 0 Å². The number of aromatic nitrogens is 4. The molecule has 0 fully saturated rings.